The van der Waals surface area contributed by atoms with Crippen LogP contribution in [0.25, 0.3) is 0 Å². The van der Waals surface area contributed by atoms with Gasteiger partial charge >= 0.3 is 6.01 Å². The molecule has 20 heavy (non-hydrogen) atoms. The summed E-state index contributed by atoms with van der Waals surface area (Å²) in [5.41, 5.74) is 0.776. The Balaban J connectivity index is 2.36. The Morgan fingerprint density at radius 3 is 2.65 bits per heavy atom. The lowest BCUT2D eigenvalue weighted by atomic mass is 10.3. The maximum absolute atomic E-state index is 11.5. The topological polar surface area (TPSA) is 92.9 Å². The van der Waals surface area contributed by atoms with E-state index in [-0.39, 0.29) is 16.6 Å². The molecule has 0 aliphatic heterocycles. The second-order valence-corrected chi connectivity index (χ2v) is 6.15. The van der Waals surface area contributed by atoms with Crippen LogP contribution >= 0.6 is 0 Å². The molecule has 0 unspecified atom stereocenters. The smallest absolute Gasteiger partial charge is 0.323 e. The fourth-order valence-electron chi connectivity index (χ4n) is 1.52. The van der Waals surface area contributed by atoms with Gasteiger partial charge in [0, 0.05) is 11.9 Å². The van der Waals surface area contributed by atoms with Crippen molar-refractivity contribution >= 4 is 9.84 Å². The summed E-state index contributed by atoms with van der Waals surface area (Å²) >= 11 is 0. The zero-order chi connectivity index (χ0) is 14.8. The van der Waals surface area contributed by atoms with Gasteiger partial charge in [-0.15, -0.1) is 0 Å². The van der Waals surface area contributed by atoms with Crippen molar-refractivity contribution in [3.63, 3.8) is 0 Å². The molecule has 0 saturated heterocycles. The first-order valence-corrected chi connectivity index (χ1v) is 7.51. The lowest BCUT2D eigenvalue weighted by Crippen LogP contribution is -1.99. The van der Waals surface area contributed by atoms with Crippen molar-refractivity contribution in [3.05, 3.63) is 41.7 Å². The molecule has 6 nitrogen and oxygen atoms in total. The minimum absolute atomic E-state index is 0.00667. The van der Waals surface area contributed by atoms with Crippen molar-refractivity contribution in [1.29, 1.82) is 5.26 Å². The Hall–Kier alpha value is -2.46. The van der Waals surface area contributed by atoms with Crippen molar-refractivity contribution in [2.45, 2.75) is 11.8 Å². The fourth-order valence-corrected chi connectivity index (χ4v) is 2.17. The number of hydrogen-bond donors (Lipinski definition) is 0. The van der Waals surface area contributed by atoms with Crippen LogP contribution in [-0.2, 0) is 9.84 Å². The first-order valence-electron chi connectivity index (χ1n) is 5.62. The van der Waals surface area contributed by atoms with Crippen LogP contribution in [0.2, 0.25) is 0 Å². The van der Waals surface area contributed by atoms with Gasteiger partial charge in [-0.2, -0.15) is 10.2 Å². The van der Waals surface area contributed by atoms with E-state index in [2.05, 4.69) is 9.97 Å². The van der Waals surface area contributed by atoms with Gasteiger partial charge in [-0.05, 0) is 31.2 Å². The van der Waals surface area contributed by atoms with E-state index in [1.165, 1.54) is 18.2 Å². The maximum Gasteiger partial charge on any atom is 0.323 e. The van der Waals surface area contributed by atoms with Gasteiger partial charge in [0.1, 0.15) is 17.5 Å². The number of nitriles is 1. The van der Waals surface area contributed by atoms with E-state index in [1.807, 2.05) is 6.07 Å². The lowest BCUT2D eigenvalue weighted by Gasteiger charge is -2.06. The molecular weight excluding hydrogens is 278 g/mol. The second-order valence-electron chi connectivity index (χ2n) is 4.14. The van der Waals surface area contributed by atoms with Crippen molar-refractivity contribution < 1.29 is 13.2 Å². The second kappa shape index (κ2) is 5.27. The van der Waals surface area contributed by atoms with E-state index in [0.29, 0.717) is 11.4 Å². The van der Waals surface area contributed by atoms with Crippen molar-refractivity contribution in [3.8, 4) is 17.8 Å². The maximum atomic E-state index is 11.5. The Bertz CT molecular complexity index is 795. The summed E-state index contributed by atoms with van der Waals surface area (Å²) in [4.78, 5) is 8.07. The molecule has 7 heteroatoms. The van der Waals surface area contributed by atoms with Crippen LogP contribution in [0.1, 0.15) is 11.4 Å². The molecule has 1 aromatic heterocycles. The Labute approximate surface area is 116 Å². The first kappa shape index (κ1) is 14.0. The Morgan fingerprint density at radius 2 is 2.00 bits per heavy atom. The van der Waals surface area contributed by atoms with E-state index in [4.69, 9.17) is 10.00 Å². The Morgan fingerprint density at radius 1 is 1.25 bits per heavy atom. The molecule has 2 aromatic rings. The zero-order valence-corrected chi connectivity index (χ0v) is 11.7. The summed E-state index contributed by atoms with van der Waals surface area (Å²) in [5, 5.41) is 8.83. The van der Waals surface area contributed by atoms with Crippen molar-refractivity contribution in [2.24, 2.45) is 0 Å². The van der Waals surface area contributed by atoms with Crippen LogP contribution in [-0.4, -0.2) is 24.6 Å². The molecule has 0 atom stereocenters. The molecule has 102 valence electrons. The van der Waals surface area contributed by atoms with E-state index in [9.17, 15) is 8.42 Å². The summed E-state index contributed by atoms with van der Waals surface area (Å²) in [6.07, 6.45) is 1.11. The Kier molecular flexibility index (Phi) is 3.68. The van der Waals surface area contributed by atoms with E-state index in [1.54, 1.807) is 19.1 Å². The number of benzene rings is 1. The predicted octanol–water partition coefficient (Wildman–Crippen LogP) is 1.85. The number of ether oxygens (including phenoxy) is 1. The highest BCUT2D eigenvalue weighted by Gasteiger charge is 2.10. The van der Waals surface area contributed by atoms with E-state index in [0.717, 1.165) is 6.26 Å². The van der Waals surface area contributed by atoms with Crippen LogP contribution in [0.5, 0.6) is 11.8 Å². The fraction of sp³-hybridized carbons (Fsp3) is 0.154. The molecule has 0 aliphatic rings. The number of hydrogen-bond acceptors (Lipinski definition) is 6. The van der Waals surface area contributed by atoms with Crippen molar-refractivity contribution in [2.75, 3.05) is 6.26 Å². The molecule has 0 spiro atoms. The standard InChI is InChI=1S/C13H11N3O3S/c1-9-6-10(8-14)16-13(15-9)19-11-4-3-5-12(7-11)20(2,17)18/h3-7H,1-2H3. The molecule has 0 amide bonds. The van der Waals surface area contributed by atoms with Gasteiger partial charge in [0.25, 0.3) is 0 Å². The summed E-state index contributed by atoms with van der Waals surface area (Å²) in [6, 6.07) is 9.44. The first-order chi connectivity index (χ1) is 9.38. The van der Waals surface area contributed by atoms with E-state index >= 15 is 0 Å². The summed E-state index contributed by atoms with van der Waals surface area (Å²) in [5.74, 6) is 0.294. The third kappa shape index (κ3) is 3.30. The van der Waals surface area contributed by atoms with Crippen molar-refractivity contribution in [1.82, 2.24) is 9.97 Å². The molecule has 0 bridgehead atoms. The van der Waals surface area contributed by atoms with Gasteiger partial charge in [-0.25, -0.2) is 13.4 Å². The van der Waals surface area contributed by atoms with Crippen LogP contribution in [0.3, 0.4) is 0 Å². The molecule has 0 saturated carbocycles. The third-order valence-electron chi connectivity index (χ3n) is 2.39. The monoisotopic (exact) mass is 289 g/mol. The minimum Gasteiger partial charge on any atom is -0.424 e. The number of aromatic nitrogens is 2. The highest BCUT2D eigenvalue weighted by molar-refractivity contribution is 7.90. The van der Waals surface area contributed by atoms with Crippen LogP contribution in [0.15, 0.2) is 35.2 Å². The molecule has 2 rings (SSSR count). The summed E-state index contributed by atoms with van der Waals surface area (Å²) in [7, 11) is -3.31. The number of sulfone groups is 1. The molecule has 1 aromatic carbocycles. The largest absolute Gasteiger partial charge is 0.424 e. The zero-order valence-electron chi connectivity index (χ0n) is 10.9. The average molecular weight is 289 g/mol. The van der Waals surface area contributed by atoms with Gasteiger partial charge in [-0.3, -0.25) is 0 Å². The molecule has 0 fully saturated rings. The lowest BCUT2D eigenvalue weighted by molar-refractivity contribution is 0.438. The molecule has 0 radical (unpaired) electrons. The molecule has 0 aliphatic carbocycles. The van der Waals surface area contributed by atoms with Crippen LogP contribution in [0, 0.1) is 18.3 Å². The summed E-state index contributed by atoms with van der Waals surface area (Å²) in [6.45, 7) is 1.71. The molecule has 1 heterocycles. The highest BCUT2D eigenvalue weighted by atomic mass is 32.2. The van der Waals surface area contributed by atoms with Gasteiger partial charge in [-0.1, -0.05) is 6.07 Å². The SMILES string of the molecule is Cc1cc(C#N)nc(Oc2cccc(S(C)(=O)=O)c2)n1. The number of rotatable bonds is 3. The quantitative estimate of drug-likeness (QED) is 0.856. The highest BCUT2D eigenvalue weighted by Crippen LogP contribution is 2.21. The van der Waals surface area contributed by atoms with Crippen LogP contribution < -0.4 is 4.74 Å². The minimum atomic E-state index is -3.31. The summed E-state index contributed by atoms with van der Waals surface area (Å²) < 4.78 is 28.3. The van der Waals surface area contributed by atoms with Gasteiger partial charge in [0.05, 0.1) is 4.90 Å². The van der Waals surface area contributed by atoms with Gasteiger partial charge in [0.2, 0.25) is 0 Å². The van der Waals surface area contributed by atoms with Crippen LogP contribution in [0.4, 0.5) is 0 Å². The average Bonchev–Trinajstić information content (AvgIpc) is 2.37. The predicted molar refractivity (Wildman–Crippen MR) is 71.1 cm³/mol. The van der Waals surface area contributed by atoms with E-state index < -0.39 is 9.84 Å². The normalized spacial score (nSPS) is 10.8. The third-order valence-corrected chi connectivity index (χ3v) is 3.50. The van der Waals surface area contributed by atoms with Gasteiger partial charge < -0.3 is 4.74 Å². The molecular formula is C13H11N3O3S. The molecule has 0 N–H and O–H groups in total. The number of aryl methyl sites for hydroxylation is 1. The van der Waals surface area contributed by atoms with Gasteiger partial charge in [0.15, 0.2) is 9.84 Å². The number of nitrogens with zero attached hydrogens (tertiary/aromatic N) is 3.